The summed E-state index contributed by atoms with van der Waals surface area (Å²) in [5.74, 6) is -1.87. The van der Waals surface area contributed by atoms with Gasteiger partial charge in [-0.1, -0.05) is 23.7 Å². The standard InChI is InChI=1S/C25H31ClN2O6/c1-4-33-24(31)18-10-12-27(13-11-18)22(30)15-28-16(3)23(25(32)34-5-2)20(14-21(28)29)17-6-8-19(26)9-7-17/h6-9,18,20H,4-5,10-15H2,1-3H3. The van der Waals surface area contributed by atoms with Crippen molar-refractivity contribution in [2.24, 2.45) is 5.92 Å². The predicted octanol–water partition coefficient (Wildman–Crippen LogP) is 3.29. The highest BCUT2D eigenvalue weighted by Gasteiger charge is 2.38. The molecule has 9 heteroatoms. The molecule has 1 aromatic rings. The normalized spacial score (nSPS) is 19.3. The molecule has 3 rings (SSSR count). The van der Waals surface area contributed by atoms with Crippen LogP contribution < -0.4 is 0 Å². The molecule has 0 aromatic heterocycles. The first-order chi connectivity index (χ1) is 16.3. The van der Waals surface area contributed by atoms with E-state index in [2.05, 4.69) is 0 Å². The number of amides is 2. The van der Waals surface area contributed by atoms with Crippen LogP contribution in [0.3, 0.4) is 0 Å². The van der Waals surface area contributed by atoms with E-state index in [4.69, 9.17) is 21.1 Å². The highest BCUT2D eigenvalue weighted by atomic mass is 35.5. The number of carbonyl (C=O) groups excluding carboxylic acids is 4. The number of likely N-dealkylation sites (tertiary alicyclic amines) is 1. The number of esters is 2. The summed E-state index contributed by atoms with van der Waals surface area (Å²) >= 11 is 6.01. The highest BCUT2D eigenvalue weighted by molar-refractivity contribution is 6.30. The molecule has 0 spiro atoms. The molecule has 1 saturated heterocycles. The fraction of sp³-hybridized carbons (Fsp3) is 0.520. The number of rotatable bonds is 7. The molecule has 1 unspecified atom stereocenters. The van der Waals surface area contributed by atoms with E-state index in [9.17, 15) is 19.2 Å². The molecule has 8 nitrogen and oxygen atoms in total. The topological polar surface area (TPSA) is 93.2 Å². The Bertz CT molecular complexity index is 966. The van der Waals surface area contributed by atoms with Crippen LogP contribution in [0.5, 0.6) is 0 Å². The van der Waals surface area contributed by atoms with Gasteiger partial charge in [-0.2, -0.15) is 0 Å². The summed E-state index contributed by atoms with van der Waals surface area (Å²) in [6.07, 6.45) is 1.10. The first-order valence-corrected chi connectivity index (χ1v) is 12.0. The minimum Gasteiger partial charge on any atom is -0.466 e. The monoisotopic (exact) mass is 490 g/mol. The van der Waals surface area contributed by atoms with Crippen LogP contribution >= 0.6 is 11.6 Å². The van der Waals surface area contributed by atoms with Gasteiger partial charge in [0.1, 0.15) is 6.54 Å². The Morgan fingerprint density at radius 1 is 1.03 bits per heavy atom. The molecule has 0 radical (unpaired) electrons. The second-order valence-corrected chi connectivity index (χ2v) is 8.85. The zero-order valence-electron chi connectivity index (χ0n) is 19.8. The van der Waals surface area contributed by atoms with E-state index in [-0.39, 0.29) is 43.3 Å². The van der Waals surface area contributed by atoms with E-state index in [0.29, 0.717) is 48.8 Å². The van der Waals surface area contributed by atoms with Gasteiger partial charge in [-0.3, -0.25) is 14.4 Å². The number of benzene rings is 1. The van der Waals surface area contributed by atoms with Crippen molar-refractivity contribution in [3.05, 3.63) is 46.1 Å². The van der Waals surface area contributed by atoms with Crippen molar-refractivity contribution in [1.82, 2.24) is 9.80 Å². The maximum Gasteiger partial charge on any atom is 0.336 e. The molecule has 0 N–H and O–H groups in total. The Morgan fingerprint density at radius 3 is 2.24 bits per heavy atom. The van der Waals surface area contributed by atoms with Crippen LogP contribution in [0, 0.1) is 5.92 Å². The molecule has 0 aliphatic carbocycles. The fourth-order valence-electron chi connectivity index (χ4n) is 4.52. The van der Waals surface area contributed by atoms with Crippen molar-refractivity contribution in [2.45, 2.75) is 46.0 Å². The van der Waals surface area contributed by atoms with E-state index < -0.39 is 11.9 Å². The van der Waals surface area contributed by atoms with Crippen LogP contribution in [0.2, 0.25) is 5.02 Å². The maximum absolute atomic E-state index is 13.1. The number of hydrogen-bond acceptors (Lipinski definition) is 6. The first kappa shape index (κ1) is 25.7. The first-order valence-electron chi connectivity index (χ1n) is 11.6. The number of hydrogen-bond donors (Lipinski definition) is 0. The van der Waals surface area contributed by atoms with Crippen molar-refractivity contribution in [3.8, 4) is 0 Å². The van der Waals surface area contributed by atoms with Crippen molar-refractivity contribution in [2.75, 3.05) is 32.8 Å². The summed E-state index contributed by atoms with van der Waals surface area (Å²) in [5.41, 5.74) is 1.58. The van der Waals surface area contributed by atoms with E-state index in [1.54, 1.807) is 49.9 Å². The van der Waals surface area contributed by atoms with Crippen molar-refractivity contribution < 1.29 is 28.7 Å². The average Bonchev–Trinajstić information content (AvgIpc) is 2.82. The van der Waals surface area contributed by atoms with Crippen LogP contribution in [0.15, 0.2) is 35.5 Å². The van der Waals surface area contributed by atoms with E-state index in [0.717, 1.165) is 5.56 Å². The molecular weight excluding hydrogens is 460 g/mol. The third-order valence-corrected chi connectivity index (χ3v) is 6.60. The van der Waals surface area contributed by atoms with Gasteiger partial charge >= 0.3 is 11.9 Å². The zero-order valence-corrected chi connectivity index (χ0v) is 20.6. The molecule has 1 aromatic carbocycles. The van der Waals surface area contributed by atoms with Gasteiger partial charge in [0.25, 0.3) is 0 Å². The van der Waals surface area contributed by atoms with Crippen molar-refractivity contribution in [3.63, 3.8) is 0 Å². The molecule has 2 heterocycles. The lowest BCUT2D eigenvalue weighted by Gasteiger charge is -2.36. The quantitative estimate of drug-likeness (QED) is 0.544. The predicted molar refractivity (Wildman–Crippen MR) is 126 cm³/mol. The second-order valence-electron chi connectivity index (χ2n) is 8.41. The van der Waals surface area contributed by atoms with Gasteiger partial charge < -0.3 is 19.3 Å². The summed E-state index contributed by atoms with van der Waals surface area (Å²) in [6.45, 7) is 6.38. The van der Waals surface area contributed by atoms with E-state index >= 15 is 0 Å². The molecule has 1 atom stereocenters. The van der Waals surface area contributed by atoms with Crippen LogP contribution in [0.1, 0.15) is 51.5 Å². The maximum atomic E-state index is 13.1. The Labute approximate surface area is 204 Å². The van der Waals surface area contributed by atoms with Crippen LogP contribution in [0.4, 0.5) is 0 Å². The van der Waals surface area contributed by atoms with Gasteiger partial charge in [-0.25, -0.2) is 4.79 Å². The lowest BCUT2D eigenvalue weighted by atomic mass is 9.83. The van der Waals surface area contributed by atoms with Crippen molar-refractivity contribution >= 4 is 35.4 Å². The van der Waals surface area contributed by atoms with Gasteiger partial charge in [0.05, 0.1) is 24.7 Å². The van der Waals surface area contributed by atoms with Gasteiger partial charge in [0, 0.05) is 36.1 Å². The largest absolute Gasteiger partial charge is 0.466 e. The van der Waals surface area contributed by atoms with Gasteiger partial charge in [0.2, 0.25) is 11.8 Å². The second kappa shape index (κ2) is 11.5. The molecule has 2 amide bonds. The van der Waals surface area contributed by atoms with E-state index in [1.165, 1.54) is 4.90 Å². The van der Waals surface area contributed by atoms with Gasteiger partial charge in [-0.15, -0.1) is 0 Å². The number of ether oxygens (including phenoxy) is 2. The van der Waals surface area contributed by atoms with Crippen LogP contribution in [-0.4, -0.2) is 66.4 Å². The summed E-state index contributed by atoms with van der Waals surface area (Å²) < 4.78 is 10.4. The zero-order chi connectivity index (χ0) is 24.8. The minimum absolute atomic E-state index is 0.0470. The fourth-order valence-corrected chi connectivity index (χ4v) is 4.64. The highest BCUT2D eigenvalue weighted by Crippen LogP contribution is 2.37. The summed E-state index contributed by atoms with van der Waals surface area (Å²) in [4.78, 5) is 54.0. The van der Waals surface area contributed by atoms with Gasteiger partial charge in [-0.05, 0) is 51.3 Å². The molecule has 2 aliphatic rings. The molecule has 184 valence electrons. The number of halogens is 1. The molecule has 2 aliphatic heterocycles. The Morgan fingerprint density at radius 2 is 1.65 bits per heavy atom. The Balaban J connectivity index is 1.78. The lowest BCUT2D eigenvalue weighted by molar-refractivity contribution is -0.151. The summed E-state index contributed by atoms with van der Waals surface area (Å²) in [7, 11) is 0. The molecular formula is C25H31ClN2O6. The lowest BCUT2D eigenvalue weighted by Crippen LogP contribution is -2.48. The minimum atomic E-state index is -0.500. The average molecular weight is 491 g/mol. The van der Waals surface area contributed by atoms with E-state index in [1.807, 2.05) is 0 Å². The van der Waals surface area contributed by atoms with Crippen LogP contribution in [0.25, 0.3) is 0 Å². The third kappa shape index (κ3) is 5.78. The molecule has 0 bridgehead atoms. The van der Waals surface area contributed by atoms with Crippen molar-refractivity contribution in [1.29, 1.82) is 0 Å². The number of piperidine rings is 1. The Kier molecular flexibility index (Phi) is 8.72. The number of allylic oxidation sites excluding steroid dienone is 1. The summed E-state index contributed by atoms with van der Waals surface area (Å²) in [5, 5.41) is 0.559. The van der Waals surface area contributed by atoms with Gasteiger partial charge in [0.15, 0.2) is 0 Å². The molecule has 0 saturated carbocycles. The number of nitrogens with zero attached hydrogens (tertiary/aromatic N) is 2. The SMILES string of the molecule is CCOC(=O)C1=C(C)N(CC(=O)N2CCC(C(=O)OCC)CC2)C(=O)CC1c1ccc(Cl)cc1. The molecule has 1 fully saturated rings. The number of carbonyl (C=O) groups is 4. The summed E-state index contributed by atoms with van der Waals surface area (Å²) in [6, 6.07) is 7.02. The smallest absolute Gasteiger partial charge is 0.336 e. The van der Waals surface area contributed by atoms with Crippen LogP contribution in [-0.2, 0) is 28.7 Å². The third-order valence-electron chi connectivity index (χ3n) is 6.35. The molecule has 34 heavy (non-hydrogen) atoms. The Hall–Kier alpha value is -2.87.